The molecular formula is C16H17NO2. The number of nitrogens with one attached hydrogen (secondary N) is 1. The molecule has 2 aliphatic heterocycles. The van der Waals surface area contributed by atoms with E-state index in [1.165, 1.54) is 12.8 Å². The first kappa shape index (κ1) is 11.2. The zero-order valence-corrected chi connectivity index (χ0v) is 10.8. The summed E-state index contributed by atoms with van der Waals surface area (Å²) in [6, 6.07) is 8.88. The van der Waals surface area contributed by atoms with E-state index in [4.69, 9.17) is 4.42 Å². The number of carbonyl (C=O) groups is 1. The number of furan rings is 1. The predicted molar refractivity (Wildman–Crippen MR) is 73.2 cm³/mol. The first-order chi connectivity index (χ1) is 9.31. The quantitative estimate of drug-likeness (QED) is 0.838. The molecular weight excluding hydrogens is 238 g/mol. The fraction of sp³-hybridized carbons (Fsp3) is 0.438. The summed E-state index contributed by atoms with van der Waals surface area (Å²) in [6.45, 7) is 0. The van der Waals surface area contributed by atoms with Crippen molar-refractivity contribution in [3.8, 4) is 0 Å². The Morgan fingerprint density at radius 1 is 1.16 bits per heavy atom. The minimum atomic E-state index is 0.166. The van der Waals surface area contributed by atoms with Crippen LogP contribution in [-0.2, 0) is 0 Å². The number of para-hydroxylation sites is 1. The van der Waals surface area contributed by atoms with Crippen LogP contribution in [0.5, 0.6) is 0 Å². The maximum Gasteiger partial charge on any atom is 0.169 e. The van der Waals surface area contributed by atoms with Gasteiger partial charge in [0.25, 0.3) is 0 Å². The van der Waals surface area contributed by atoms with Crippen LogP contribution in [0.15, 0.2) is 34.9 Å². The first-order valence-electron chi connectivity index (χ1n) is 7.08. The van der Waals surface area contributed by atoms with Gasteiger partial charge in [0.05, 0.1) is 5.56 Å². The van der Waals surface area contributed by atoms with Gasteiger partial charge in [-0.3, -0.25) is 4.79 Å². The molecule has 2 aromatic rings. The van der Waals surface area contributed by atoms with Crippen molar-refractivity contribution < 1.29 is 9.21 Å². The van der Waals surface area contributed by atoms with Crippen LogP contribution in [0.3, 0.4) is 0 Å². The zero-order chi connectivity index (χ0) is 12.8. The lowest BCUT2D eigenvalue weighted by atomic mass is 9.86. The van der Waals surface area contributed by atoms with Crippen molar-refractivity contribution in [2.45, 2.75) is 37.8 Å². The standard InChI is InChI=1S/C16H17NO2/c18-16(10-7-11-5-6-12(8-10)17-11)14-9-19-15-4-2-1-3-13(14)15/h1-4,9-12,17H,5-8H2. The first-order valence-corrected chi connectivity index (χ1v) is 7.08. The van der Waals surface area contributed by atoms with Gasteiger partial charge in [-0.1, -0.05) is 18.2 Å². The minimum absolute atomic E-state index is 0.166. The molecule has 1 aromatic carbocycles. The van der Waals surface area contributed by atoms with Crippen LogP contribution in [0.1, 0.15) is 36.0 Å². The molecule has 19 heavy (non-hydrogen) atoms. The third kappa shape index (κ3) is 1.80. The molecule has 3 heterocycles. The van der Waals surface area contributed by atoms with Gasteiger partial charge in [-0.2, -0.15) is 0 Å². The number of carbonyl (C=O) groups excluding carboxylic acids is 1. The summed E-state index contributed by atoms with van der Waals surface area (Å²) in [7, 11) is 0. The Labute approximate surface area is 112 Å². The molecule has 3 nitrogen and oxygen atoms in total. The van der Waals surface area contributed by atoms with Crippen molar-refractivity contribution in [3.63, 3.8) is 0 Å². The maximum atomic E-state index is 12.7. The van der Waals surface area contributed by atoms with E-state index < -0.39 is 0 Å². The fourth-order valence-electron chi connectivity index (χ4n) is 3.66. The van der Waals surface area contributed by atoms with Crippen molar-refractivity contribution >= 4 is 16.8 Å². The molecule has 0 spiro atoms. The summed E-state index contributed by atoms with van der Waals surface area (Å²) >= 11 is 0. The SMILES string of the molecule is O=C(c1coc2ccccc12)C1CC2CCC(C1)N2. The molecule has 2 saturated heterocycles. The molecule has 0 amide bonds. The van der Waals surface area contributed by atoms with E-state index in [0.717, 1.165) is 29.4 Å². The van der Waals surface area contributed by atoms with Crippen LogP contribution in [0.25, 0.3) is 11.0 Å². The van der Waals surface area contributed by atoms with Gasteiger partial charge in [-0.05, 0) is 31.7 Å². The lowest BCUT2D eigenvalue weighted by Crippen LogP contribution is -2.40. The van der Waals surface area contributed by atoms with Crippen molar-refractivity contribution in [1.82, 2.24) is 5.32 Å². The second-order valence-electron chi connectivity index (χ2n) is 5.82. The van der Waals surface area contributed by atoms with E-state index in [9.17, 15) is 4.79 Å². The van der Waals surface area contributed by atoms with Crippen molar-refractivity contribution in [1.29, 1.82) is 0 Å². The molecule has 3 heteroatoms. The highest BCUT2D eigenvalue weighted by molar-refractivity contribution is 6.08. The Morgan fingerprint density at radius 2 is 1.89 bits per heavy atom. The lowest BCUT2D eigenvalue weighted by Gasteiger charge is -2.27. The molecule has 4 rings (SSSR count). The number of rotatable bonds is 2. The highest BCUT2D eigenvalue weighted by Crippen LogP contribution is 2.34. The summed E-state index contributed by atoms with van der Waals surface area (Å²) in [4.78, 5) is 12.7. The number of fused-ring (bicyclic) bond motifs is 3. The Balaban J connectivity index is 1.67. The van der Waals surface area contributed by atoms with Crippen LogP contribution in [-0.4, -0.2) is 17.9 Å². The van der Waals surface area contributed by atoms with Crippen LogP contribution in [0.2, 0.25) is 0 Å². The van der Waals surface area contributed by atoms with Crippen LogP contribution < -0.4 is 5.32 Å². The second kappa shape index (κ2) is 4.20. The van der Waals surface area contributed by atoms with Gasteiger partial charge in [0.1, 0.15) is 11.8 Å². The average Bonchev–Trinajstić information content (AvgIpc) is 3.01. The lowest BCUT2D eigenvalue weighted by molar-refractivity contribution is 0.0876. The van der Waals surface area contributed by atoms with Gasteiger partial charge in [0, 0.05) is 23.4 Å². The van der Waals surface area contributed by atoms with Gasteiger partial charge in [-0.15, -0.1) is 0 Å². The van der Waals surface area contributed by atoms with E-state index >= 15 is 0 Å². The molecule has 0 aliphatic carbocycles. The topological polar surface area (TPSA) is 42.2 Å². The molecule has 0 saturated carbocycles. The third-order valence-corrected chi connectivity index (χ3v) is 4.59. The monoisotopic (exact) mass is 255 g/mol. The van der Waals surface area contributed by atoms with Gasteiger partial charge in [0.2, 0.25) is 0 Å². The summed E-state index contributed by atoms with van der Waals surface area (Å²) in [5.41, 5.74) is 1.57. The summed E-state index contributed by atoms with van der Waals surface area (Å²) in [5.74, 6) is 0.433. The van der Waals surface area contributed by atoms with E-state index in [1.807, 2.05) is 24.3 Å². The molecule has 0 radical (unpaired) electrons. The average molecular weight is 255 g/mol. The highest BCUT2D eigenvalue weighted by Gasteiger charge is 2.37. The predicted octanol–water partition coefficient (Wildman–Crippen LogP) is 3.15. The van der Waals surface area contributed by atoms with Crippen LogP contribution in [0.4, 0.5) is 0 Å². The fourth-order valence-corrected chi connectivity index (χ4v) is 3.66. The summed E-state index contributed by atoms with van der Waals surface area (Å²) in [6.07, 6.45) is 6.04. The molecule has 2 atom stereocenters. The molecule has 1 N–H and O–H groups in total. The van der Waals surface area contributed by atoms with Crippen molar-refractivity contribution in [3.05, 3.63) is 36.1 Å². The van der Waals surface area contributed by atoms with E-state index in [-0.39, 0.29) is 11.7 Å². The maximum absolute atomic E-state index is 12.7. The Bertz CT molecular complexity index is 618. The normalized spacial score (nSPS) is 29.8. The second-order valence-corrected chi connectivity index (χ2v) is 5.82. The van der Waals surface area contributed by atoms with Crippen LogP contribution >= 0.6 is 0 Å². The number of ketones is 1. The third-order valence-electron chi connectivity index (χ3n) is 4.59. The molecule has 2 bridgehead atoms. The van der Waals surface area contributed by atoms with Gasteiger partial charge < -0.3 is 9.73 Å². The summed E-state index contributed by atoms with van der Waals surface area (Å²) in [5, 5.41) is 4.54. The molecule has 2 fully saturated rings. The molecule has 98 valence electrons. The van der Waals surface area contributed by atoms with Crippen LogP contribution in [0, 0.1) is 5.92 Å². The molecule has 2 aliphatic rings. The number of piperidine rings is 1. The number of hydrogen-bond acceptors (Lipinski definition) is 3. The summed E-state index contributed by atoms with van der Waals surface area (Å²) < 4.78 is 5.49. The number of Topliss-reactive ketones (excluding diaryl/α,β-unsaturated/α-hetero) is 1. The Kier molecular flexibility index (Phi) is 2.49. The molecule has 2 unspecified atom stereocenters. The van der Waals surface area contributed by atoms with Crippen molar-refractivity contribution in [2.75, 3.05) is 0 Å². The smallest absolute Gasteiger partial charge is 0.169 e. The Morgan fingerprint density at radius 3 is 2.68 bits per heavy atom. The zero-order valence-electron chi connectivity index (χ0n) is 10.8. The number of benzene rings is 1. The minimum Gasteiger partial charge on any atom is -0.464 e. The van der Waals surface area contributed by atoms with Gasteiger partial charge in [0.15, 0.2) is 5.78 Å². The highest BCUT2D eigenvalue weighted by atomic mass is 16.3. The number of hydrogen-bond donors (Lipinski definition) is 1. The van der Waals surface area contributed by atoms with E-state index in [0.29, 0.717) is 12.1 Å². The van der Waals surface area contributed by atoms with Gasteiger partial charge >= 0.3 is 0 Å². The van der Waals surface area contributed by atoms with E-state index in [1.54, 1.807) is 6.26 Å². The van der Waals surface area contributed by atoms with E-state index in [2.05, 4.69) is 5.32 Å². The van der Waals surface area contributed by atoms with Gasteiger partial charge in [-0.25, -0.2) is 0 Å². The Hall–Kier alpha value is -1.61. The largest absolute Gasteiger partial charge is 0.464 e. The van der Waals surface area contributed by atoms with Crippen molar-refractivity contribution in [2.24, 2.45) is 5.92 Å². The molecule has 1 aromatic heterocycles.